The smallest absolute Gasteiger partial charge is 0.239 e. The zero-order valence-electron chi connectivity index (χ0n) is 10.1. The first-order valence-corrected chi connectivity index (χ1v) is 6.29. The van der Waals surface area contributed by atoms with Gasteiger partial charge < -0.3 is 5.73 Å². The Labute approximate surface area is 106 Å². The van der Waals surface area contributed by atoms with Crippen LogP contribution in [-0.4, -0.2) is 11.9 Å². The van der Waals surface area contributed by atoms with Gasteiger partial charge >= 0.3 is 0 Å². The average molecular weight is 240 g/mol. The van der Waals surface area contributed by atoms with Crippen molar-refractivity contribution in [3.8, 4) is 0 Å². The van der Waals surface area contributed by atoms with E-state index in [0.29, 0.717) is 6.04 Å². The summed E-state index contributed by atoms with van der Waals surface area (Å²) in [7, 11) is 0. The number of carbonyl (C=O) groups excluding carboxylic acids is 1. The van der Waals surface area contributed by atoms with Crippen molar-refractivity contribution in [3.05, 3.63) is 48.0 Å². The second-order valence-corrected chi connectivity index (χ2v) is 4.84. The Morgan fingerprint density at radius 2 is 1.89 bits per heavy atom. The molecule has 2 aromatic carbocycles. The van der Waals surface area contributed by atoms with Gasteiger partial charge in [-0.3, -0.25) is 10.1 Å². The average Bonchev–Trinajstić information content (AvgIpc) is 3.19. The largest absolute Gasteiger partial charge is 0.368 e. The Morgan fingerprint density at radius 3 is 2.61 bits per heavy atom. The van der Waals surface area contributed by atoms with E-state index in [2.05, 4.69) is 5.32 Å². The minimum Gasteiger partial charge on any atom is -0.368 e. The van der Waals surface area contributed by atoms with Gasteiger partial charge in [0.05, 0.1) is 0 Å². The SMILES string of the molecule is NC(=O)C(NC1CC1)c1cccc2ccccc12. The lowest BCUT2D eigenvalue weighted by Gasteiger charge is -2.17. The minimum atomic E-state index is -0.386. The molecule has 1 saturated carbocycles. The molecule has 2 aromatic rings. The van der Waals surface area contributed by atoms with Crippen LogP contribution >= 0.6 is 0 Å². The van der Waals surface area contributed by atoms with Gasteiger partial charge in [-0.05, 0) is 29.2 Å². The Hall–Kier alpha value is -1.87. The number of nitrogens with two attached hydrogens (primary N) is 1. The quantitative estimate of drug-likeness (QED) is 0.860. The van der Waals surface area contributed by atoms with Crippen LogP contribution in [0.1, 0.15) is 24.4 Å². The second kappa shape index (κ2) is 4.42. The molecule has 0 saturated heterocycles. The molecule has 1 atom stereocenters. The van der Waals surface area contributed by atoms with Crippen molar-refractivity contribution in [2.75, 3.05) is 0 Å². The van der Waals surface area contributed by atoms with Gasteiger partial charge in [-0.1, -0.05) is 42.5 Å². The van der Waals surface area contributed by atoms with Gasteiger partial charge in [-0.15, -0.1) is 0 Å². The summed E-state index contributed by atoms with van der Waals surface area (Å²) >= 11 is 0. The highest BCUT2D eigenvalue weighted by atomic mass is 16.1. The van der Waals surface area contributed by atoms with Gasteiger partial charge in [0.15, 0.2) is 0 Å². The van der Waals surface area contributed by atoms with Gasteiger partial charge in [0, 0.05) is 6.04 Å². The van der Waals surface area contributed by atoms with Crippen LogP contribution in [0.15, 0.2) is 42.5 Å². The van der Waals surface area contributed by atoms with Gasteiger partial charge in [-0.2, -0.15) is 0 Å². The first-order valence-electron chi connectivity index (χ1n) is 6.29. The summed E-state index contributed by atoms with van der Waals surface area (Å²) in [6, 6.07) is 14.1. The van der Waals surface area contributed by atoms with E-state index in [9.17, 15) is 4.79 Å². The fraction of sp³-hybridized carbons (Fsp3) is 0.267. The Balaban J connectivity index is 2.07. The lowest BCUT2D eigenvalue weighted by atomic mass is 9.98. The molecule has 1 unspecified atom stereocenters. The van der Waals surface area contributed by atoms with E-state index in [1.807, 2.05) is 42.5 Å². The summed E-state index contributed by atoms with van der Waals surface area (Å²) in [4.78, 5) is 11.7. The van der Waals surface area contributed by atoms with Crippen molar-refractivity contribution >= 4 is 16.7 Å². The molecule has 92 valence electrons. The molecule has 0 heterocycles. The summed E-state index contributed by atoms with van der Waals surface area (Å²) in [6.45, 7) is 0. The van der Waals surface area contributed by atoms with Crippen LogP contribution in [-0.2, 0) is 4.79 Å². The molecular formula is C15H16N2O. The zero-order chi connectivity index (χ0) is 12.5. The summed E-state index contributed by atoms with van der Waals surface area (Å²) in [6.07, 6.45) is 2.27. The van der Waals surface area contributed by atoms with Crippen molar-refractivity contribution in [1.82, 2.24) is 5.32 Å². The molecule has 3 rings (SSSR count). The molecule has 1 aliphatic rings. The van der Waals surface area contributed by atoms with Crippen molar-refractivity contribution in [2.24, 2.45) is 5.73 Å². The molecule has 0 aromatic heterocycles. The third kappa shape index (κ3) is 2.09. The molecule has 0 radical (unpaired) electrons. The Kier molecular flexibility index (Phi) is 2.76. The van der Waals surface area contributed by atoms with Crippen LogP contribution in [0.4, 0.5) is 0 Å². The van der Waals surface area contributed by atoms with Crippen LogP contribution < -0.4 is 11.1 Å². The molecule has 0 bridgehead atoms. The molecule has 3 heteroatoms. The van der Waals surface area contributed by atoms with Crippen LogP contribution in [0.5, 0.6) is 0 Å². The molecule has 1 amide bonds. The van der Waals surface area contributed by atoms with E-state index in [0.717, 1.165) is 29.2 Å². The Bertz CT molecular complexity index is 585. The maximum Gasteiger partial charge on any atom is 0.239 e. The van der Waals surface area contributed by atoms with Crippen molar-refractivity contribution < 1.29 is 4.79 Å². The molecular weight excluding hydrogens is 224 g/mol. The van der Waals surface area contributed by atoms with E-state index < -0.39 is 0 Å². The van der Waals surface area contributed by atoms with E-state index in [4.69, 9.17) is 5.73 Å². The number of hydrogen-bond acceptors (Lipinski definition) is 2. The first kappa shape index (κ1) is 11.2. The van der Waals surface area contributed by atoms with Crippen LogP contribution in [0.2, 0.25) is 0 Å². The number of benzene rings is 2. The summed E-state index contributed by atoms with van der Waals surface area (Å²) < 4.78 is 0. The zero-order valence-corrected chi connectivity index (χ0v) is 10.1. The van der Waals surface area contributed by atoms with Crippen molar-refractivity contribution in [2.45, 2.75) is 24.9 Å². The van der Waals surface area contributed by atoms with E-state index in [1.165, 1.54) is 0 Å². The van der Waals surface area contributed by atoms with Crippen LogP contribution in [0.3, 0.4) is 0 Å². The number of rotatable bonds is 4. The molecule has 3 nitrogen and oxygen atoms in total. The van der Waals surface area contributed by atoms with Gasteiger partial charge in [0.2, 0.25) is 5.91 Å². The first-order chi connectivity index (χ1) is 8.75. The summed E-state index contributed by atoms with van der Waals surface area (Å²) in [5.41, 5.74) is 6.51. The normalized spacial score (nSPS) is 16.7. The predicted molar refractivity (Wildman–Crippen MR) is 72.0 cm³/mol. The Morgan fingerprint density at radius 1 is 1.17 bits per heavy atom. The van der Waals surface area contributed by atoms with Crippen LogP contribution in [0.25, 0.3) is 10.8 Å². The van der Waals surface area contributed by atoms with E-state index in [1.54, 1.807) is 0 Å². The van der Waals surface area contributed by atoms with Gasteiger partial charge in [0.25, 0.3) is 0 Å². The summed E-state index contributed by atoms with van der Waals surface area (Å²) in [5.74, 6) is -0.307. The molecule has 0 spiro atoms. The predicted octanol–water partition coefficient (Wildman–Crippen LogP) is 2.12. The molecule has 1 fully saturated rings. The lowest BCUT2D eigenvalue weighted by molar-refractivity contribution is -0.120. The number of carbonyl (C=O) groups is 1. The highest BCUT2D eigenvalue weighted by Crippen LogP contribution is 2.28. The molecule has 3 N–H and O–H groups in total. The van der Waals surface area contributed by atoms with Gasteiger partial charge in [-0.25, -0.2) is 0 Å². The summed E-state index contributed by atoms with van der Waals surface area (Å²) in [5, 5.41) is 5.56. The standard InChI is InChI=1S/C15H16N2O/c16-15(18)14(17-11-8-9-11)13-7-3-5-10-4-1-2-6-12(10)13/h1-7,11,14,17H,8-9H2,(H2,16,18). The van der Waals surface area contributed by atoms with Crippen LogP contribution in [0, 0.1) is 0 Å². The van der Waals surface area contributed by atoms with E-state index in [-0.39, 0.29) is 11.9 Å². The number of nitrogens with one attached hydrogen (secondary N) is 1. The number of fused-ring (bicyclic) bond motifs is 1. The molecule has 18 heavy (non-hydrogen) atoms. The third-order valence-electron chi connectivity index (χ3n) is 3.40. The second-order valence-electron chi connectivity index (χ2n) is 4.84. The lowest BCUT2D eigenvalue weighted by Crippen LogP contribution is -2.35. The fourth-order valence-corrected chi connectivity index (χ4v) is 2.31. The maximum absolute atomic E-state index is 11.7. The van der Waals surface area contributed by atoms with Gasteiger partial charge in [0.1, 0.15) is 6.04 Å². The highest BCUT2D eigenvalue weighted by molar-refractivity contribution is 5.92. The van der Waals surface area contributed by atoms with E-state index >= 15 is 0 Å². The number of hydrogen-bond donors (Lipinski definition) is 2. The third-order valence-corrected chi connectivity index (χ3v) is 3.40. The highest BCUT2D eigenvalue weighted by Gasteiger charge is 2.28. The number of amides is 1. The monoisotopic (exact) mass is 240 g/mol. The maximum atomic E-state index is 11.7. The topological polar surface area (TPSA) is 55.1 Å². The molecule has 0 aliphatic heterocycles. The van der Waals surface area contributed by atoms with Crippen molar-refractivity contribution in [1.29, 1.82) is 0 Å². The number of primary amides is 1. The minimum absolute atomic E-state index is 0.307. The van der Waals surface area contributed by atoms with Crippen molar-refractivity contribution in [3.63, 3.8) is 0 Å². The molecule has 1 aliphatic carbocycles. The fourth-order valence-electron chi connectivity index (χ4n) is 2.31.